The molecule has 20 heteroatoms. The SMILES string of the molecule is COC(=O)N[C@H](C(=O)N1CCCC1c1nc2ccc([C@H]3CC[C@H](c4ccc5nc([C@@H]6CCCN6C(=O)[C@@H](NC(=O)OC)C(C)C)[nH]c5c4)N3c3cc(F)c(N4CCC5(CC4)OCCO5)c(F)c3)cc2[nH]1)C(C)C. The fraction of sp³-hybridized carbons (Fsp3) is 0.547. The molecule has 0 bridgehead atoms. The number of aromatic nitrogens is 4. The van der Waals surface area contributed by atoms with Gasteiger partial charge in [0.2, 0.25) is 11.8 Å². The maximum atomic E-state index is 16.7. The van der Waals surface area contributed by atoms with Crippen LogP contribution in [0, 0.1) is 23.5 Å². The summed E-state index contributed by atoms with van der Waals surface area (Å²) < 4.78 is 54.9. The molecule has 7 heterocycles. The van der Waals surface area contributed by atoms with Gasteiger partial charge < -0.3 is 59.1 Å². The van der Waals surface area contributed by atoms with Gasteiger partial charge >= 0.3 is 12.2 Å². The molecule has 5 saturated heterocycles. The molecule has 10 rings (SSSR count). The van der Waals surface area contributed by atoms with E-state index in [0.29, 0.717) is 106 Å². The standard InChI is InChI=1S/C53H66F2N10O8/c1-29(2)44(60-51(68)70-5)49(66)63-19-7-9-42(63)47-56-36-13-11-31(25-38(36)58-47)40-15-16-41(65(40)33-27-34(54)46(35(55)28-33)62-21-17-53(18-22-62)72-23-24-73-53)32-12-14-37-39(26-32)59-48(57-37)43-10-8-20-64(43)50(67)45(30(3)4)61-52(69)71-6/h11-14,25-30,40-45H,7-10,15-24H2,1-6H3,(H,56,58)(H,57,59)(H,60,68)(H,61,69)/t40-,41-,42+,43?,44+,45+/m1/s1. The number of nitrogens with zero attached hydrogens (tertiary/aromatic N) is 6. The number of anilines is 2. The zero-order chi connectivity index (χ0) is 51.3. The molecule has 73 heavy (non-hydrogen) atoms. The predicted octanol–water partition coefficient (Wildman–Crippen LogP) is 8.23. The third-order valence-electron chi connectivity index (χ3n) is 15.6. The molecular weight excluding hydrogens is 943 g/mol. The second kappa shape index (κ2) is 20.4. The van der Waals surface area contributed by atoms with Crippen LogP contribution in [0.4, 0.5) is 29.7 Å². The number of alkyl carbamates (subject to hydrolysis) is 2. The Balaban J connectivity index is 0.966. The van der Waals surface area contributed by atoms with E-state index in [9.17, 15) is 19.2 Å². The second-order valence-corrected chi connectivity index (χ2v) is 20.8. The summed E-state index contributed by atoms with van der Waals surface area (Å²) in [7, 11) is 2.54. The van der Waals surface area contributed by atoms with Gasteiger partial charge in [0.1, 0.15) is 29.4 Å². The van der Waals surface area contributed by atoms with E-state index in [1.54, 1.807) is 14.7 Å². The van der Waals surface area contributed by atoms with Gasteiger partial charge in [0.25, 0.3) is 0 Å². The first-order chi connectivity index (χ1) is 35.1. The number of carbonyl (C=O) groups excluding carboxylic acids is 4. The van der Waals surface area contributed by atoms with Crippen LogP contribution in [0.1, 0.15) is 126 Å². The average molecular weight is 1010 g/mol. The Kier molecular flexibility index (Phi) is 14.0. The van der Waals surface area contributed by atoms with Gasteiger partial charge in [0.05, 0.1) is 73.7 Å². The first kappa shape index (κ1) is 50.0. The summed E-state index contributed by atoms with van der Waals surface area (Å²) in [4.78, 5) is 76.8. The highest BCUT2D eigenvalue weighted by molar-refractivity contribution is 5.88. The number of fused-ring (bicyclic) bond motifs is 2. The van der Waals surface area contributed by atoms with Crippen LogP contribution < -0.4 is 20.4 Å². The number of nitrogens with one attached hydrogen (secondary N) is 4. The maximum absolute atomic E-state index is 16.7. The minimum Gasteiger partial charge on any atom is -0.453 e. The van der Waals surface area contributed by atoms with Crippen molar-refractivity contribution in [1.82, 2.24) is 40.4 Å². The van der Waals surface area contributed by atoms with E-state index in [4.69, 9.17) is 28.9 Å². The summed E-state index contributed by atoms with van der Waals surface area (Å²) in [6.45, 7) is 10.3. The number of rotatable bonds is 12. The zero-order valence-electron chi connectivity index (χ0n) is 42.3. The lowest BCUT2D eigenvalue weighted by Gasteiger charge is -2.39. The quantitative estimate of drug-likeness (QED) is 0.0935. The summed E-state index contributed by atoms with van der Waals surface area (Å²) in [6, 6.07) is 12.1. The molecule has 4 N–H and O–H groups in total. The van der Waals surface area contributed by atoms with Crippen molar-refractivity contribution in [3.63, 3.8) is 0 Å². The third-order valence-corrected chi connectivity index (χ3v) is 15.6. The fourth-order valence-corrected chi connectivity index (χ4v) is 11.9. The van der Waals surface area contributed by atoms with Crippen LogP contribution in [0.3, 0.4) is 0 Å². The van der Waals surface area contributed by atoms with Gasteiger partial charge in [-0.2, -0.15) is 0 Å². The van der Waals surface area contributed by atoms with Gasteiger partial charge in [-0.25, -0.2) is 28.3 Å². The Bertz CT molecular complexity index is 2710. The number of methoxy groups -OCH3 is 2. The average Bonchev–Trinajstić information content (AvgIpc) is 4.25. The molecule has 1 spiro atoms. The van der Waals surface area contributed by atoms with Crippen LogP contribution in [0.15, 0.2) is 48.5 Å². The first-order valence-electron chi connectivity index (χ1n) is 25.7. The topological polar surface area (TPSA) is 200 Å². The molecule has 0 aliphatic carbocycles. The number of imidazole rings is 2. The Morgan fingerprint density at radius 1 is 0.658 bits per heavy atom. The van der Waals surface area contributed by atoms with Gasteiger partial charge in [0.15, 0.2) is 17.4 Å². The monoisotopic (exact) mass is 1010 g/mol. The number of amides is 4. The zero-order valence-corrected chi connectivity index (χ0v) is 42.3. The summed E-state index contributed by atoms with van der Waals surface area (Å²) in [5, 5.41) is 5.42. The van der Waals surface area contributed by atoms with Crippen molar-refractivity contribution >= 4 is 57.4 Å². The highest BCUT2D eigenvalue weighted by atomic mass is 19.1. The van der Waals surface area contributed by atoms with Crippen molar-refractivity contribution in [1.29, 1.82) is 0 Å². The number of benzene rings is 3. The fourth-order valence-electron chi connectivity index (χ4n) is 11.9. The highest BCUT2D eigenvalue weighted by Crippen LogP contribution is 2.49. The van der Waals surface area contributed by atoms with Crippen LogP contribution in [0.2, 0.25) is 0 Å². The molecule has 5 aliphatic heterocycles. The number of aromatic amines is 2. The number of likely N-dealkylation sites (tertiary alicyclic amines) is 2. The molecule has 1 unspecified atom stereocenters. The van der Waals surface area contributed by atoms with Crippen LogP contribution in [-0.4, -0.2) is 125 Å². The number of piperidine rings is 1. The number of halogens is 2. The van der Waals surface area contributed by atoms with E-state index in [0.717, 1.165) is 35.0 Å². The van der Waals surface area contributed by atoms with E-state index in [1.165, 1.54) is 26.4 Å². The van der Waals surface area contributed by atoms with E-state index in [1.807, 2.05) is 64.1 Å². The van der Waals surface area contributed by atoms with E-state index in [2.05, 4.69) is 25.5 Å². The largest absolute Gasteiger partial charge is 0.453 e. The van der Waals surface area contributed by atoms with Crippen LogP contribution in [0.5, 0.6) is 0 Å². The van der Waals surface area contributed by atoms with Crippen molar-refractivity contribution in [2.45, 2.75) is 121 Å². The molecule has 5 aliphatic rings. The Morgan fingerprint density at radius 3 is 1.53 bits per heavy atom. The lowest BCUT2D eigenvalue weighted by atomic mass is 10.0. The molecular formula is C53H66F2N10O8. The van der Waals surface area contributed by atoms with Crippen LogP contribution >= 0.6 is 0 Å². The molecule has 0 saturated carbocycles. The van der Waals surface area contributed by atoms with Crippen molar-refractivity contribution in [3.05, 3.63) is 82.9 Å². The van der Waals surface area contributed by atoms with Gasteiger partial charge in [-0.1, -0.05) is 39.8 Å². The smallest absolute Gasteiger partial charge is 0.407 e. The number of hydrogen-bond acceptors (Lipinski definition) is 12. The van der Waals surface area contributed by atoms with Gasteiger partial charge in [0, 0.05) is 44.7 Å². The minimum atomic E-state index is -0.771. The normalized spacial score (nSPS) is 22.8. The summed E-state index contributed by atoms with van der Waals surface area (Å²) >= 11 is 0. The number of carbonyl (C=O) groups is 4. The van der Waals surface area contributed by atoms with Crippen LogP contribution in [0.25, 0.3) is 22.1 Å². The van der Waals surface area contributed by atoms with Crippen molar-refractivity contribution in [2.75, 3.05) is 63.4 Å². The first-order valence-corrected chi connectivity index (χ1v) is 25.7. The number of H-pyrrole nitrogens is 2. The second-order valence-electron chi connectivity index (χ2n) is 20.8. The Morgan fingerprint density at radius 2 is 1.11 bits per heavy atom. The molecule has 5 aromatic rings. The molecule has 6 atom stereocenters. The summed E-state index contributed by atoms with van der Waals surface area (Å²) in [6.07, 6.45) is 3.91. The Labute approximate surface area is 422 Å². The molecule has 4 amide bonds. The molecule has 390 valence electrons. The van der Waals surface area contributed by atoms with Crippen LogP contribution in [-0.2, 0) is 28.5 Å². The highest BCUT2D eigenvalue weighted by Gasteiger charge is 2.43. The third kappa shape index (κ3) is 9.63. The minimum absolute atomic E-state index is 0.0674. The lowest BCUT2D eigenvalue weighted by Crippen LogP contribution is -2.51. The van der Waals surface area contributed by atoms with Crippen molar-refractivity contribution in [2.24, 2.45) is 11.8 Å². The maximum Gasteiger partial charge on any atom is 0.407 e. The number of hydrogen-bond donors (Lipinski definition) is 4. The molecule has 5 fully saturated rings. The van der Waals surface area contributed by atoms with Gasteiger partial charge in [-0.3, -0.25) is 9.59 Å². The van der Waals surface area contributed by atoms with Crippen molar-refractivity contribution in [3.8, 4) is 0 Å². The molecule has 0 radical (unpaired) electrons. The Hall–Kier alpha value is -6.54. The van der Waals surface area contributed by atoms with Crippen molar-refractivity contribution < 1.29 is 46.9 Å². The molecule has 2 aromatic heterocycles. The van der Waals surface area contributed by atoms with E-state index < -0.39 is 41.7 Å². The predicted molar refractivity (Wildman–Crippen MR) is 268 cm³/mol. The van der Waals surface area contributed by atoms with Gasteiger partial charge in [-0.15, -0.1) is 0 Å². The molecule has 18 nitrogen and oxygen atoms in total. The van der Waals surface area contributed by atoms with Gasteiger partial charge in [-0.05, 0) is 97.9 Å². The molecule has 3 aromatic carbocycles. The summed E-state index contributed by atoms with van der Waals surface area (Å²) in [5.41, 5.74) is 5.14. The summed E-state index contributed by atoms with van der Waals surface area (Å²) in [5.74, 6) is -1.48. The lowest BCUT2D eigenvalue weighted by molar-refractivity contribution is -0.169. The van der Waals surface area contributed by atoms with E-state index >= 15 is 8.78 Å². The number of ether oxygens (including phenoxy) is 4. The van der Waals surface area contributed by atoms with E-state index in [-0.39, 0.29) is 53.5 Å².